The molecule has 1 atom stereocenters. The maximum absolute atomic E-state index is 10.9. The zero-order chi connectivity index (χ0) is 14.7. The summed E-state index contributed by atoms with van der Waals surface area (Å²) in [7, 11) is 0. The maximum atomic E-state index is 10.9. The first-order valence-corrected chi connectivity index (χ1v) is 7.19. The van der Waals surface area contributed by atoms with E-state index in [1.165, 1.54) is 0 Å². The third-order valence-electron chi connectivity index (χ3n) is 3.90. The summed E-state index contributed by atoms with van der Waals surface area (Å²) in [4.78, 5) is 13.0. The molecule has 1 aliphatic rings. The average Bonchev–Trinajstić information content (AvgIpc) is 3.10. The van der Waals surface area contributed by atoms with E-state index in [-0.39, 0.29) is 12.5 Å². The summed E-state index contributed by atoms with van der Waals surface area (Å²) in [6.07, 6.45) is 2.17. The number of hydrogen-bond acceptors (Lipinski definition) is 4. The van der Waals surface area contributed by atoms with E-state index in [1.807, 2.05) is 36.4 Å². The lowest BCUT2D eigenvalue weighted by atomic mass is 10.1. The predicted octanol–water partition coefficient (Wildman–Crippen LogP) is 2.78. The summed E-state index contributed by atoms with van der Waals surface area (Å²) in [5.74, 6) is 0.0422. The lowest BCUT2D eigenvalue weighted by molar-refractivity contribution is -0.138. The van der Waals surface area contributed by atoms with Crippen molar-refractivity contribution in [1.82, 2.24) is 10.1 Å². The molecule has 0 amide bonds. The number of aliphatic carboxylic acids is 1. The monoisotopic (exact) mass is 286 g/mol. The molecule has 2 heterocycles. The topological polar surface area (TPSA) is 66.6 Å². The Morgan fingerprint density at radius 2 is 2.19 bits per heavy atom. The van der Waals surface area contributed by atoms with Crippen molar-refractivity contribution in [2.45, 2.75) is 31.8 Å². The van der Waals surface area contributed by atoms with Crippen molar-refractivity contribution in [3.63, 3.8) is 0 Å². The van der Waals surface area contributed by atoms with Crippen LogP contribution >= 0.6 is 0 Å². The van der Waals surface area contributed by atoms with E-state index < -0.39 is 5.97 Å². The second-order valence-corrected chi connectivity index (χ2v) is 5.41. The van der Waals surface area contributed by atoms with Crippen molar-refractivity contribution >= 4 is 5.97 Å². The van der Waals surface area contributed by atoms with Gasteiger partial charge < -0.3 is 9.63 Å². The first-order chi connectivity index (χ1) is 10.2. The summed E-state index contributed by atoms with van der Waals surface area (Å²) < 4.78 is 5.40. The van der Waals surface area contributed by atoms with Crippen LogP contribution in [0.5, 0.6) is 0 Å². The van der Waals surface area contributed by atoms with Gasteiger partial charge in [0.25, 0.3) is 0 Å². The fourth-order valence-corrected chi connectivity index (χ4v) is 2.87. The molecular formula is C16H18N2O3. The number of nitrogens with zero attached hydrogens (tertiary/aromatic N) is 2. The molecule has 0 saturated carbocycles. The summed E-state index contributed by atoms with van der Waals surface area (Å²) >= 11 is 0. The van der Waals surface area contributed by atoms with Gasteiger partial charge in [0.2, 0.25) is 0 Å². The molecule has 1 fully saturated rings. The fourth-order valence-electron chi connectivity index (χ4n) is 2.87. The third-order valence-corrected chi connectivity index (χ3v) is 3.90. The van der Waals surface area contributed by atoms with Crippen LogP contribution in [0.25, 0.3) is 11.3 Å². The van der Waals surface area contributed by atoms with Gasteiger partial charge in [0.15, 0.2) is 5.76 Å². The van der Waals surface area contributed by atoms with Gasteiger partial charge in [0.05, 0.1) is 13.0 Å². The Morgan fingerprint density at radius 1 is 1.38 bits per heavy atom. The number of carboxylic acid groups (broad SMARTS) is 1. The van der Waals surface area contributed by atoms with Gasteiger partial charge in [-0.3, -0.25) is 9.69 Å². The number of likely N-dealkylation sites (tertiary alicyclic amines) is 1. The van der Waals surface area contributed by atoms with Crippen LogP contribution < -0.4 is 0 Å². The van der Waals surface area contributed by atoms with Gasteiger partial charge in [-0.2, -0.15) is 0 Å². The highest BCUT2D eigenvalue weighted by atomic mass is 16.5. The van der Waals surface area contributed by atoms with Gasteiger partial charge in [-0.1, -0.05) is 35.5 Å². The van der Waals surface area contributed by atoms with E-state index in [0.717, 1.165) is 36.4 Å². The van der Waals surface area contributed by atoms with E-state index in [9.17, 15) is 4.79 Å². The van der Waals surface area contributed by atoms with Crippen LogP contribution in [0.1, 0.15) is 25.0 Å². The normalized spacial score (nSPS) is 19.0. The number of benzene rings is 1. The zero-order valence-corrected chi connectivity index (χ0v) is 11.7. The zero-order valence-electron chi connectivity index (χ0n) is 11.7. The van der Waals surface area contributed by atoms with Crippen LogP contribution in [0.4, 0.5) is 0 Å². The predicted molar refractivity (Wildman–Crippen MR) is 77.6 cm³/mol. The van der Waals surface area contributed by atoms with Gasteiger partial charge in [-0.05, 0) is 19.4 Å². The summed E-state index contributed by atoms with van der Waals surface area (Å²) in [6.45, 7) is 1.54. The number of carbonyl (C=O) groups is 1. The van der Waals surface area contributed by atoms with Gasteiger partial charge in [0, 0.05) is 17.7 Å². The smallest absolute Gasteiger partial charge is 0.304 e. The van der Waals surface area contributed by atoms with Gasteiger partial charge >= 0.3 is 5.97 Å². The van der Waals surface area contributed by atoms with Gasteiger partial charge in [-0.25, -0.2) is 0 Å². The van der Waals surface area contributed by atoms with Crippen molar-refractivity contribution in [1.29, 1.82) is 0 Å². The maximum Gasteiger partial charge on any atom is 0.304 e. The molecule has 0 bridgehead atoms. The minimum Gasteiger partial charge on any atom is -0.481 e. The fraction of sp³-hybridized carbons (Fsp3) is 0.375. The van der Waals surface area contributed by atoms with E-state index in [2.05, 4.69) is 10.1 Å². The van der Waals surface area contributed by atoms with E-state index in [1.54, 1.807) is 0 Å². The van der Waals surface area contributed by atoms with Gasteiger partial charge in [0.1, 0.15) is 5.69 Å². The Morgan fingerprint density at radius 3 is 2.95 bits per heavy atom. The lowest BCUT2D eigenvalue weighted by Gasteiger charge is -2.21. The molecule has 0 aliphatic carbocycles. The molecule has 1 aliphatic heterocycles. The van der Waals surface area contributed by atoms with E-state index in [0.29, 0.717) is 6.54 Å². The molecule has 1 N–H and O–H groups in total. The lowest BCUT2D eigenvalue weighted by Crippen LogP contribution is -2.30. The van der Waals surface area contributed by atoms with Crippen LogP contribution in [-0.2, 0) is 11.3 Å². The highest BCUT2D eigenvalue weighted by Crippen LogP contribution is 2.24. The van der Waals surface area contributed by atoms with Crippen LogP contribution in [0.15, 0.2) is 40.9 Å². The second-order valence-electron chi connectivity index (χ2n) is 5.41. The summed E-state index contributed by atoms with van der Waals surface area (Å²) in [5.41, 5.74) is 1.84. The van der Waals surface area contributed by atoms with Crippen molar-refractivity contribution in [2.75, 3.05) is 6.54 Å². The molecule has 0 spiro atoms. The first kappa shape index (κ1) is 13.8. The van der Waals surface area contributed by atoms with Gasteiger partial charge in [-0.15, -0.1) is 0 Å². The molecule has 110 valence electrons. The summed E-state index contributed by atoms with van der Waals surface area (Å²) in [6, 6.07) is 11.9. The standard InChI is InChI=1S/C16H18N2O3/c19-16(20)9-13-7-4-8-18(13)11-14-10-15(17-21-14)12-5-2-1-3-6-12/h1-3,5-6,10,13H,4,7-9,11H2,(H,19,20). The molecule has 1 saturated heterocycles. The largest absolute Gasteiger partial charge is 0.481 e. The highest BCUT2D eigenvalue weighted by molar-refractivity contribution is 5.67. The molecule has 2 aromatic rings. The van der Waals surface area contributed by atoms with Crippen molar-refractivity contribution in [3.8, 4) is 11.3 Å². The minimum atomic E-state index is -0.741. The number of rotatable bonds is 5. The second kappa shape index (κ2) is 6.10. The Hall–Kier alpha value is -2.14. The van der Waals surface area contributed by atoms with Crippen LogP contribution in [0, 0.1) is 0 Å². The molecule has 5 nitrogen and oxygen atoms in total. The Labute approximate surface area is 123 Å². The number of aromatic nitrogens is 1. The molecule has 3 rings (SSSR count). The molecule has 1 aromatic carbocycles. The van der Waals surface area contributed by atoms with Crippen LogP contribution in [0.3, 0.4) is 0 Å². The van der Waals surface area contributed by atoms with Crippen molar-refractivity contribution in [2.24, 2.45) is 0 Å². The van der Waals surface area contributed by atoms with Crippen molar-refractivity contribution < 1.29 is 14.4 Å². The minimum absolute atomic E-state index is 0.104. The Balaban J connectivity index is 1.68. The van der Waals surface area contributed by atoms with E-state index in [4.69, 9.17) is 9.63 Å². The first-order valence-electron chi connectivity index (χ1n) is 7.19. The average molecular weight is 286 g/mol. The SMILES string of the molecule is O=C(O)CC1CCCN1Cc1cc(-c2ccccc2)no1. The van der Waals surface area contributed by atoms with Crippen molar-refractivity contribution in [3.05, 3.63) is 42.2 Å². The molecule has 5 heteroatoms. The molecule has 1 aromatic heterocycles. The molecular weight excluding hydrogens is 268 g/mol. The third kappa shape index (κ3) is 3.31. The van der Waals surface area contributed by atoms with Crippen LogP contribution in [0.2, 0.25) is 0 Å². The molecule has 0 radical (unpaired) electrons. The summed E-state index contributed by atoms with van der Waals surface area (Å²) in [5, 5.41) is 13.0. The number of carboxylic acids is 1. The quantitative estimate of drug-likeness (QED) is 0.915. The molecule has 21 heavy (non-hydrogen) atoms. The Kier molecular flexibility index (Phi) is 4.01. The molecule has 1 unspecified atom stereocenters. The Bertz CT molecular complexity index is 609. The highest BCUT2D eigenvalue weighted by Gasteiger charge is 2.27. The van der Waals surface area contributed by atoms with Crippen LogP contribution in [-0.4, -0.2) is 33.7 Å². The van der Waals surface area contributed by atoms with E-state index >= 15 is 0 Å². The number of hydrogen-bond donors (Lipinski definition) is 1.